The average molecular weight is 195 g/mol. The highest BCUT2D eigenvalue weighted by Crippen LogP contribution is 2.24. The van der Waals surface area contributed by atoms with Gasteiger partial charge in [-0.25, -0.2) is 0 Å². The van der Waals surface area contributed by atoms with E-state index in [2.05, 4.69) is 31.0 Å². The molecule has 0 saturated heterocycles. The quantitative estimate of drug-likeness (QED) is 0.722. The summed E-state index contributed by atoms with van der Waals surface area (Å²) >= 11 is 0. The van der Waals surface area contributed by atoms with E-state index >= 15 is 0 Å². The molecular weight excluding hydrogens is 174 g/mol. The Morgan fingerprint density at radius 1 is 1.36 bits per heavy atom. The molecule has 0 atom stereocenters. The van der Waals surface area contributed by atoms with Crippen LogP contribution < -0.4 is 5.73 Å². The summed E-state index contributed by atoms with van der Waals surface area (Å²) in [5.74, 6) is 0. The molecule has 1 rings (SSSR count). The lowest BCUT2D eigenvalue weighted by atomic mass is 9.88. The standard InChI is InChI=1S/C11H21N3/c1-11(2,3)10-9(8-13-14-10)6-4-5-7-12/h8H,4-7,12H2,1-3H3,(H,13,14). The molecule has 1 aromatic heterocycles. The number of H-pyrrole nitrogens is 1. The number of nitrogens with zero attached hydrogens (tertiary/aromatic N) is 1. The van der Waals surface area contributed by atoms with Gasteiger partial charge in [0.05, 0.1) is 6.20 Å². The first kappa shape index (κ1) is 11.2. The highest BCUT2D eigenvalue weighted by Gasteiger charge is 2.19. The minimum Gasteiger partial charge on any atom is -0.330 e. The van der Waals surface area contributed by atoms with Crippen molar-refractivity contribution in [2.75, 3.05) is 6.54 Å². The Morgan fingerprint density at radius 3 is 2.64 bits per heavy atom. The molecule has 0 amide bonds. The fraction of sp³-hybridized carbons (Fsp3) is 0.727. The molecule has 0 aliphatic heterocycles. The molecule has 0 saturated carbocycles. The third-order valence-electron chi connectivity index (χ3n) is 2.37. The number of aryl methyl sites for hydroxylation is 1. The summed E-state index contributed by atoms with van der Waals surface area (Å²) in [6, 6.07) is 0. The smallest absolute Gasteiger partial charge is 0.0522 e. The van der Waals surface area contributed by atoms with Gasteiger partial charge in [-0.2, -0.15) is 5.10 Å². The molecule has 0 aliphatic rings. The normalized spacial score (nSPS) is 12.0. The van der Waals surface area contributed by atoms with Crippen LogP contribution in [0.2, 0.25) is 0 Å². The van der Waals surface area contributed by atoms with E-state index in [4.69, 9.17) is 5.73 Å². The summed E-state index contributed by atoms with van der Waals surface area (Å²) in [7, 11) is 0. The first-order valence-electron chi connectivity index (χ1n) is 5.28. The first-order chi connectivity index (χ1) is 6.55. The maximum absolute atomic E-state index is 5.47. The van der Waals surface area contributed by atoms with Crippen LogP contribution >= 0.6 is 0 Å². The van der Waals surface area contributed by atoms with Crippen LogP contribution in [-0.4, -0.2) is 16.7 Å². The van der Waals surface area contributed by atoms with E-state index in [1.54, 1.807) is 0 Å². The van der Waals surface area contributed by atoms with Crippen molar-refractivity contribution in [3.05, 3.63) is 17.5 Å². The van der Waals surface area contributed by atoms with Gasteiger partial charge in [-0.1, -0.05) is 20.8 Å². The Morgan fingerprint density at radius 2 is 2.07 bits per heavy atom. The second kappa shape index (κ2) is 4.60. The van der Waals surface area contributed by atoms with Gasteiger partial charge in [-0.05, 0) is 31.4 Å². The van der Waals surface area contributed by atoms with Gasteiger partial charge in [0.25, 0.3) is 0 Å². The molecule has 1 aromatic rings. The lowest BCUT2D eigenvalue weighted by molar-refractivity contribution is 0.557. The third-order valence-corrected chi connectivity index (χ3v) is 2.37. The molecule has 3 N–H and O–H groups in total. The molecule has 3 nitrogen and oxygen atoms in total. The van der Waals surface area contributed by atoms with Crippen LogP contribution in [0.5, 0.6) is 0 Å². The fourth-order valence-electron chi connectivity index (χ4n) is 1.61. The van der Waals surface area contributed by atoms with Gasteiger partial charge in [0, 0.05) is 11.1 Å². The first-order valence-corrected chi connectivity index (χ1v) is 5.28. The summed E-state index contributed by atoms with van der Waals surface area (Å²) in [6.45, 7) is 7.38. The van der Waals surface area contributed by atoms with Crippen LogP contribution in [0.15, 0.2) is 6.20 Å². The molecule has 0 aliphatic carbocycles. The molecule has 0 unspecified atom stereocenters. The van der Waals surface area contributed by atoms with E-state index in [0.29, 0.717) is 0 Å². The molecule has 0 bridgehead atoms. The molecule has 14 heavy (non-hydrogen) atoms. The van der Waals surface area contributed by atoms with Crippen molar-refractivity contribution in [3.8, 4) is 0 Å². The van der Waals surface area contributed by atoms with Crippen LogP contribution in [0.1, 0.15) is 44.9 Å². The number of aromatic nitrogens is 2. The van der Waals surface area contributed by atoms with Crippen LogP contribution in [0, 0.1) is 0 Å². The van der Waals surface area contributed by atoms with E-state index in [1.165, 1.54) is 11.3 Å². The van der Waals surface area contributed by atoms with Crippen molar-refractivity contribution in [2.45, 2.75) is 45.4 Å². The van der Waals surface area contributed by atoms with Gasteiger partial charge in [0.1, 0.15) is 0 Å². The summed E-state index contributed by atoms with van der Waals surface area (Å²) in [6.07, 6.45) is 5.27. The zero-order valence-electron chi connectivity index (χ0n) is 9.43. The van der Waals surface area contributed by atoms with Gasteiger partial charge >= 0.3 is 0 Å². The number of hydrogen-bond acceptors (Lipinski definition) is 2. The second-order valence-electron chi connectivity index (χ2n) is 4.77. The van der Waals surface area contributed by atoms with Gasteiger partial charge in [0.2, 0.25) is 0 Å². The van der Waals surface area contributed by atoms with Gasteiger partial charge < -0.3 is 5.73 Å². The summed E-state index contributed by atoms with van der Waals surface area (Å²) < 4.78 is 0. The summed E-state index contributed by atoms with van der Waals surface area (Å²) in [4.78, 5) is 0. The number of nitrogens with two attached hydrogens (primary N) is 1. The van der Waals surface area contributed by atoms with Crippen molar-refractivity contribution in [1.82, 2.24) is 10.2 Å². The summed E-state index contributed by atoms with van der Waals surface area (Å²) in [5, 5.41) is 7.20. The van der Waals surface area contributed by atoms with E-state index in [0.717, 1.165) is 25.8 Å². The van der Waals surface area contributed by atoms with E-state index in [-0.39, 0.29) is 5.41 Å². The second-order valence-corrected chi connectivity index (χ2v) is 4.77. The maximum Gasteiger partial charge on any atom is 0.0522 e. The Balaban J connectivity index is 2.63. The minimum absolute atomic E-state index is 0.161. The van der Waals surface area contributed by atoms with Crippen molar-refractivity contribution in [1.29, 1.82) is 0 Å². The monoisotopic (exact) mass is 195 g/mol. The van der Waals surface area contributed by atoms with Crippen LogP contribution in [0.4, 0.5) is 0 Å². The predicted octanol–water partition coefficient (Wildman–Crippen LogP) is 1.99. The highest BCUT2D eigenvalue weighted by atomic mass is 15.1. The van der Waals surface area contributed by atoms with Crippen molar-refractivity contribution in [3.63, 3.8) is 0 Å². The van der Waals surface area contributed by atoms with Crippen LogP contribution in [0.3, 0.4) is 0 Å². The largest absolute Gasteiger partial charge is 0.330 e. The Bertz CT molecular complexity index is 270. The molecule has 80 valence electrons. The Labute approximate surface area is 86.1 Å². The number of nitrogens with one attached hydrogen (secondary N) is 1. The van der Waals surface area contributed by atoms with Gasteiger partial charge in [-0.15, -0.1) is 0 Å². The minimum atomic E-state index is 0.161. The number of hydrogen-bond donors (Lipinski definition) is 2. The lowest BCUT2D eigenvalue weighted by Gasteiger charge is -2.18. The predicted molar refractivity (Wildman–Crippen MR) is 59.3 cm³/mol. The average Bonchev–Trinajstić information content (AvgIpc) is 2.52. The Hall–Kier alpha value is -0.830. The molecule has 3 heteroatoms. The maximum atomic E-state index is 5.47. The molecule has 0 aromatic carbocycles. The van der Waals surface area contributed by atoms with E-state index in [9.17, 15) is 0 Å². The topological polar surface area (TPSA) is 54.7 Å². The molecular formula is C11H21N3. The molecule has 0 spiro atoms. The van der Waals surface area contributed by atoms with Gasteiger partial charge in [0.15, 0.2) is 0 Å². The van der Waals surface area contributed by atoms with Crippen molar-refractivity contribution >= 4 is 0 Å². The lowest BCUT2D eigenvalue weighted by Crippen LogP contribution is -2.14. The van der Waals surface area contributed by atoms with Crippen molar-refractivity contribution < 1.29 is 0 Å². The van der Waals surface area contributed by atoms with Crippen molar-refractivity contribution in [2.24, 2.45) is 5.73 Å². The molecule has 0 radical (unpaired) electrons. The number of aromatic amines is 1. The van der Waals surface area contributed by atoms with E-state index in [1.807, 2.05) is 6.20 Å². The molecule has 0 fully saturated rings. The van der Waals surface area contributed by atoms with Gasteiger partial charge in [-0.3, -0.25) is 5.10 Å². The van der Waals surface area contributed by atoms with Crippen LogP contribution in [0.25, 0.3) is 0 Å². The van der Waals surface area contributed by atoms with Crippen LogP contribution in [-0.2, 0) is 11.8 Å². The highest BCUT2D eigenvalue weighted by molar-refractivity contribution is 5.23. The zero-order valence-corrected chi connectivity index (χ0v) is 9.43. The van der Waals surface area contributed by atoms with E-state index < -0.39 is 0 Å². The third kappa shape index (κ3) is 2.84. The number of rotatable bonds is 4. The fourth-order valence-corrected chi connectivity index (χ4v) is 1.61. The Kier molecular flexibility index (Phi) is 3.69. The number of unbranched alkanes of at least 4 members (excludes halogenated alkanes) is 1. The molecule has 1 heterocycles. The summed E-state index contributed by atoms with van der Waals surface area (Å²) in [5.41, 5.74) is 8.23. The zero-order chi connectivity index (χ0) is 10.6. The SMILES string of the molecule is CC(C)(C)c1[nH]ncc1CCCCN.